The number of amides is 1. The van der Waals surface area contributed by atoms with E-state index in [9.17, 15) is 9.90 Å². The molecule has 118 valence electrons. The molecule has 0 aliphatic carbocycles. The number of hydrogen-bond donors (Lipinski definition) is 2. The van der Waals surface area contributed by atoms with E-state index in [2.05, 4.69) is 18.3 Å². The molecule has 0 saturated heterocycles. The van der Waals surface area contributed by atoms with Gasteiger partial charge >= 0.3 is 0 Å². The Morgan fingerprint density at radius 3 is 2.29 bits per heavy atom. The van der Waals surface area contributed by atoms with Gasteiger partial charge in [0, 0.05) is 12.6 Å². The fraction of sp³-hybridized carbons (Fsp3) is 0.500. The molecule has 0 aliphatic heterocycles. The molecule has 0 unspecified atom stereocenters. The highest BCUT2D eigenvalue weighted by atomic mass is 16.3. The third kappa shape index (κ3) is 16.3. The van der Waals surface area contributed by atoms with Gasteiger partial charge in [0.05, 0.1) is 5.60 Å². The average molecular weight is 291 g/mol. The Labute approximate surface area is 129 Å². The minimum Gasteiger partial charge on any atom is -0.389 e. The predicted octanol–water partition coefficient (Wildman–Crippen LogP) is 3.68. The van der Waals surface area contributed by atoms with Crippen LogP contribution in [0.25, 0.3) is 0 Å². The Morgan fingerprint density at radius 2 is 1.67 bits per heavy atom. The lowest BCUT2D eigenvalue weighted by atomic mass is 10.1. The summed E-state index contributed by atoms with van der Waals surface area (Å²) in [5, 5.41) is 12.1. The first kappa shape index (κ1) is 19.4. The fourth-order valence-electron chi connectivity index (χ4n) is 1.45. The first-order valence-electron chi connectivity index (χ1n) is 7.62. The highest BCUT2D eigenvalue weighted by molar-refractivity contribution is 5.87. The molecule has 0 bridgehead atoms. The lowest BCUT2D eigenvalue weighted by molar-refractivity contribution is -0.117. The summed E-state index contributed by atoms with van der Waals surface area (Å²) >= 11 is 0. The van der Waals surface area contributed by atoms with Gasteiger partial charge in [-0.15, -0.1) is 0 Å². The number of unbranched alkanes of at least 4 members (excludes halogenated alkanes) is 3. The maximum absolute atomic E-state index is 11.4. The zero-order chi connectivity index (χ0) is 16.0. The van der Waals surface area contributed by atoms with Crippen molar-refractivity contribution in [1.29, 1.82) is 0 Å². The molecule has 0 heterocycles. The summed E-state index contributed by atoms with van der Waals surface area (Å²) in [7, 11) is 0. The van der Waals surface area contributed by atoms with Crippen LogP contribution < -0.4 is 5.32 Å². The first-order chi connectivity index (χ1) is 9.95. The predicted molar refractivity (Wildman–Crippen MR) is 90.0 cm³/mol. The molecule has 0 aromatic rings. The van der Waals surface area contributed by atoms with Crippen molar-refractivity contribution >= 4 is 5.91 Å². The Hall–Kier alpha value is -1.61. The van der Waals surface area contributed by atoms with E-state index < -0.39 is 5.60 Å². The summed E-state index contributed by atoms with van der Waals surface area (Å²) in [6, 6.07) is 0. The van der Waals surface area contributed by atoms with Gasteiger partial charge in [-0.2, -0.15) is 0 Å². The standard InChI is InChI=1S/C18H29NO2/c1-4-5-6-7-8-9-10-11-12-13-14-15-17(20)19-16-18(2,3)21/h8-15,21H,4-7,16H2,1-3H3,(H,19,20)/b9-8?,11-10?,13-12+,15-14-. The van der Waals surface area contributed by atoms with Crippen LogP contribution >= 0.6 is 0 Å². The monoisotopic (exact) mass is 291 g/mol. The van der Waals surface area contributed by atoms with Crippen LogP contribution in [-0.2, 0) is 4.79 Å². The number of allylic oxidation sites excluding steroid dienone is 7. The molecule has 0 aromatic heterocycles. The number of hydrogen-bond acceptors (Lipinski definition) is 2. The lowest BCUT2D eigenvalue weighted by Crippen LogP contribution is -2.37. The van der Waals surface area contributed by atoms with Crippen molar-refractivity contribution in [1.82, 2.24) is 5.32 Å². The minimum atomic E-state index is -0.883. The molecule has 0 aliphatic rings. The molecule has 21 heavy (non-hydrogen) atoms. The number of carbonyl (C=O) groups excluding carboxylic acids is 1. The lowest BCUT2D eigenvalue weighted by Gasteiger charge is -2.16. The second kappa shape index (κ2) is 12.2. The molecular weight excluding hydrogens is 262 g/mol. The van der Waals surface area contributed by atoms with Crippen LogP contribution in [0.2, 0.25) is 0 Å². The molecule has 0 atom stereocenters. The van der Waals surface area contributed by atoms with E-state index in [1.54, 1.807) is 26.0 Å². The normalized spacial score (nSPS) is 13.1. The Balaban J connectivity index is 3.79. The summed E-state index contributed by atoms with van der Waals surface area (Å²) in [5.41, 5.74) is -0.883. The van der Waals surface area contributed by atoms with Gasteiger partial charge in [0.2, 0.25) is 5.91 Å². The highest BCUT2D eigenvalue weighted by Gasteiger charge is 2.12. The maximum atomic E-state index is 11.4. The van der Waals surface area contributed by atoms with Gasteiger partial charge in [0.25, 0.3) is 0 Å². The first-order valence-corrected chi connectivity index (χ1v) is 7.62. The quantitative estimate of drug-likeness (QED) is 0.366. The van der Waals surface area contributed by atoms with Crippen molar-refractivity contribution in [2.24, 2.45) is 0 Å². The summed E-state index contributed by atoms with van der Waals surface area (Å²) in [4.78, 5) is 11.4. The van der Waals surface area contributed by atoms with E-state index in [4.69, 9.17) is 0 Å². The molecule has 0 rings (SSSR count). The van der Waals surface area contributed by atoms with Crippen LogP contribution in [0.5, 0.6) is 0 Å². The van der Waals surface area contributed by atoms with Gasteiger partial charge in [-0.3, -0.25) is 4.79 Å². The van der Waals surface area contributed by atoms with Crippen LogP contribution in [0.15, 0.2) is 48.6 Å². The van der Waals surface area contributed by atoms with Crippen LogP contribution in [0.1, 0.15) is 46.5 Å². The summed E-state index contributed by atoms with van der Waals surface area (Å²) in [6.07, 6.45) is 19.8. The number of aliphatic hydroxyl groups is 1. The molecule has 0 radical (unpaired) electrons. The largest absolute Gasteiger partial charge is 0.389 e. The van der Waals surface area contributed by atoms with Gasteiger partial charge in [0.1, 0.15) is 0 Å². The maximum Gasteiger partial charge on any atom is 0.244 e. The average Bonchev–Trinajstić information content (AvgIpc) is 2.42. The van der Waals surface area contributed by atoms with Crippen LogP contribution in [0, 0.1) is 0 Å². The van der Waals surface area contributed by atoms with E-state index in [-0.39, 0.29) is 12.5 Å². The van der Waals surface area contributed by atoms with Gasteiger partial charge in [-0.25, -0.2) is 0 Å². The Bertz CT molecular complexity index is 385. The second-order valence-corrected chi connectivity index (χ2v) is 5.58. The van der Waals surface area contributed by atoms with E-state index in [0.717, 1.165) is 6.42 Å². The van der Waals surface area contributed by atoms with Crippen LogP contribution in [-0.4, -0.2) is 23.2 Å². The summed E-state index contributed by atoms with van der Waals surface area (Å²) < 4.78 is 0. The van der Waals surface area contributed by atoms with Crippen molar-refractivity contribution in [3.05, 3.63) is 48.6 Å². The van der Waals surface area contributed by atoms with E-state index >= 15 is 0 Å². The smallest absolute Gasteiger partial charge is 0.244 e. The molecule has 3 nitrogen and oxygen atoms in total. The van der Waals surface area contributed by atoms with Crippen molar-refractivity contribution < 1.29 is 9.90 Å². The zero-order valence-corrected chi connectivity index (χ0v) is 13.5. The fourth-order valence-corrected chi connectivity index (χ4v) is 1.45. The number of nitrogens with one attached hydrogen (secondary N) is 1. The van der Waals surface area contributed by atoms with Gasteiger partial charge < -0.3 is 10.4 Å². The van der Waals surface area contributed by atoms with E-state index in [1.165, 1.54) is 25.3 Å². The molecule has 0 spiro atoms. The van der Waals surface area contributed by atoms with Crippen molar-refractivity contribution in [2.75, 3.05) is 6.54 Å². The van der Waals surface area contributed by atoms with Crippen molar-refractivity contribution in [3.8, 4) is 0 Å². The van der Waals surface area contributed by atoms with Gasteiger partial charge in [0.15, 0.2) is 0 Å². The van der Waals surface area contributed by atoms with Crippen molar-refractivity contribution in [3.63, 3.8) is 0 Å². The third-order valence-electron chi connectivity index (χ3n) is 2.61. The third-order valence-corrected chi connectivity index (χ3v) is 2.61. The van der Waals surface area contributed by atoms with Gasteiger partial charge in [-0.1, -0.05) is 62.3 Å². The Morgan fingerprint density at radius 1 is 1.05 bits per heavy atom. The molecule has 2 N–H and O–H groups in total. The second-order valence-electron chi connectivity index (χ2n) is 5.58. The van der Waals surface area contributed by atoms with Gasteiger partial charge in [-0.05, 0) is 26.7 Å². The zero-order valence-electron chi connectivity index (χ0n) is 13.5. The minimum absolute atomic E-state index is 0.207. The topological polar surface area (TPSA) is 49.3 Å². The summed E-state index contributed by atoms with van der Waals surface area (Å²) in [5.74, 6) is -0.207. The molecule has 0 saturated carbocycles. The number of carbonyl (C=O) groups is 1. The summed E-state index contributed by atoms with van der Waals surface area (Å²) in [6.45, 7) is 5.74. The SMILES string of the molecule is CCCCCC=CC=C/C=C/C=C\C(=O)NCC(C)(C)O. The Kier molecular flexibility index (Phi) is 11.2. The molecule has 0 fully saturated rings. The molecule has 3 heteroatoms. The molecular formula is C18H29NO2. The highest BCUT2D eigenvalue weighted by Crippen LogP contribution is 1.99. The number of rotatable bonds is 10. The van der Waals surface area contributed by atoms with Crippen molar-refractivity contribution in [2.45, 2.75) is 52.1 Å². The van der Waals surface area contributed by atoms with E-state index in [0.29, 0.717) is 0 Å². The molecule has 1 amide bonds. The van der Waals surface area contributed by atoms with Crippen LogP contribution in [0.3, 0.4) is 0 Å². The van der Waals surface area contributed by atoms with E-state index in [1.807, 2.05) is 24.3 Å². The molecule has 0 aromatic carbocycles. The van der Waals surface area contributed by atoms with Crippen LogP contribution in [0.4, 0.5) is 0 Å².